The molecule has 1 unspecified atom stereocenters. The third-order valence-corrected chi connectivity index (χ3v) is 6.29. The Hall–Kier alpha value is -2.54. The normalized spacial score (nSPS) is 22.2. The van der Waals surface area contributed by atoms with Gasteiger partial charge in [0.2, 0.25) is 0 Å². The molecule has 0 aromatic heterocycles. The van der Waals surface area contributed by atoms with E-state index in [1.807, 2.05) is 0 Å². The third-order valence-electron chi connectivity index (χ3n) is 6.29. The lowest BCUT2D eigenvalue weighted by Gasteiger charge is -2.26. The molecule has 1 aromatic rings. The molecule has 0 saturated heterocycles. The van der Waals surface area contributed by atoms with Crippen molar-refractivity contribution < 1.29 is 0 Å². The van der Waals surface area contributed by atoms with Gasteiger partial charge >= 0.3 is 0 Å². The van der Waals surface area contributed by atoms with Crippen LogP contribution in [0.2, 0.25) is 0 Å². The molecule has 1 heteroatoms. The molecular weight excluding hydrogens is 362 g/mol. The van der Waals surface area contributed by atoms with Crippen LogP contribution in [-0.2, 0) is 5.41 Å². The van der Waals surface area contributed by atoms with Crippen LogP contribution >= 0.6 is 0 Å². The fourth-order valence-corrected chi connectivity index (χ4v) is 4.13. The van der Waals surface area contributed by atoms with Crippen LogP contribution in [0.25, 0.3) is 11.6 Å². The highest BCUT2D eigenvalue weighted by molar-refractivity contribution is 5.87. The van der Waals surface area contributed by atoms with Crippen molar-refractivity contribution in [2.75, 3.05) is 14.1 Å². The Kier molecular flexibility index (Phi) is 6.41. The van der Waals surface area contributed by atoms with Crippen LogP contribution in [0.3, 0.4) is 0 Å². The van der Waals surface area contributed by atoms with E-state index in [2.05, 4.69) is 121 Å². The van der Waals surface area contributed by atoms with E-state index in [-0.39, 0.29) is 5.41 Å². The van der Waals surface area contributed by atoms with Gasteiger partial charge in [0.05, 0.1) is 0 Å². The number of fused-ring (bicyclic) bond motifs is 3. The second-order valence-electron chi connectivity index (χ2n) is 9.81. The summed E-state index contributed by atoms with van der Waals surface area (Å²) in [7, 11) is 4.14. The van der Waals surface area contributed by atoms with Gasteiger partial charge in [-0.15, -0.1) is 0 Å². The molecule has 0 spiro atoms. The Balaban J connectivity index is 2.36. The molecule has 1 atom stereocenters. The van der Waals surface area contributed by atoms with Crippen molar-refractivity contribution in [2.45, 2.75) is 53.4 Å². The van der Waals surface area contributed by atoms with Gasteiger partial charge in [-0.1, -0.05) is 68.9 Å². The number of hydrogen-bond donors (Lipinski definition) is 0. The second-order valence-corrected chi connectivity index (χ2v) is 9.81. The smallest absolute Gasteiger partial charge is 0.00556 e. The Morgan fingerprint density at radius 2 is 1.83 bits per heavy atom. The topological polar surface area (TPSA) is 3.24 Å². The lowest BCUT2D eigenvalue weighted by atomic mass is 9.79. The van der Waals surface area contributed by atoms with Crippen LogP contribution in [0.5, 0.6) is 0 Å². The van der Waals surface area contributed by atoms with Crippen LogP contribution in [0.15, 0.2) is 71.5 Å². The molecule has 0 heterocycles. The summed E-state index contributed by atoms with van der Waals surface area (Å²) >= 11 is 0. The molecule has 30 heavy (non-hydrogen) atoms. The van der Waals surface area contributed by atoms with Gasteiger partial charge in [-0.2, -0.15) is 0 Å². The summed E-state index contributed by atoms with van der Waals surface area (Å²) < 4.78 is 0. The average Bonchev–Trinajstić information content (AvgIpc) is 2.67. The van der Waals surface area contributed by atoms with Crippen molar-refractivity contribution in [2.24, 2.45) is 5.92 Å². The fraction of sp³-hybridized carbons (Fsp3) is 0.379. The largest absolute Gasteiger partial charge is 0.383 e. The van der Waals surface area contributed by atoms with Gasteiger partial charge in [-0.3, -0.25) is 0 Å². The van der Waals surface area contributed by atoms with E-state index >= 15 is 0 Å². The Bertz CT molecular complexity index is 998. The molecule has 1 aromatic carbocycles. The van der Waals surface area contributed by atoms with Crippen LogP contribution in [-0.4, -0.2) is 19.0 Å². The molecule has 158 valence electrons. The van der Waals surface area contributed by atoms with E-state index in [1.54, 1.807) is 0 Å². The standard InChI is InChI=1S/C29H37N/c1-9-22(15-16-30(7)8)28-18-24-12-10-11-23(20(24)2)13-14-25-17-26(29(4,5)6)19-27(28)21(25)3/h9-10,12-19,23H,11H2,1-8H3/b14-13-,16-15-,22-9+,28-18-. The molecule has 1 nitrogen and oxygen atoms in total. The van der Waals surface area contributed by atoms with Crippen LogP contribution in [0.1, 0.15) is 63.3 Å². The monoisotopic (exact) mass is 399 g/mol. The minimum absolute atomic E-state index is 0.0980. The first kappa shape index (κ1) is 22.2. The summed E-state index contributed by atoms with van der Waals surface area (Å²) in [5, 5.41) is 0. The zero-order chi connectivity index (χ0) is 22.1. The Labute approximate surface area is 183 Å². The van der Waals surface area contributed by atoms with Crippen LogP contribution < -0.4 is 0 Å². The highest BCUT2D eigenvalue weighted by Crippen LogP contribution is 2.38. The lowest BCUT2D eigenvalue weighted by molar-refractivity contribution is 0.563. The molecule has 0 N–H and O–H groups in total. The first-order valence-corrected chi connectivity index (χ1v) is 11.1. The summed E-state index contributed by atoms with van der Waals surface area (Å²) in [5.74, 6) is 0.466. The molecule has 4 bridgehead atoms. The Morgan fingerprint density at radius 1 is 1.10 bits per heavy atom. The van der Waals surface area contributed by atoms with E-state index in [1.165, 1.54) is 44.5 Å². The number of nitrogens with zero attached hydrogens (tertiary/aromatic N) is 1. The van der Waals surface area contributed by atoms with Crippen molar-refractivity contribution >= 4 is 11.6 Å². The second kappa shape index (κ2) is 8.68. The van der Waals surface area contributed by atoms with Gasteiger partial charge in [0.25, 0.3) is 0 Å². The van der Waals surface area contributed by atoms with Gasteiger partial charge < -0.3 is 4.90 Å². The highest BCUT2D eigenvalue weighted by Gasteiger charge is 2.21. The predicted octanol–water partition coefficient (Wildman–Crippen LogP) is 7.62. The molecule has 0 amide bonds. The minimum Gasteiger partial charge on any atom is -0.383 e. The summed E-state index contributed by atoms with van der Waals surface area (Å²) in [6, 6.07) is 4.80. The van der Waals surface area contributed by atoms with Gasteiger partial charge in [0, 0.05) is 20.0 Å². The first-order chi connectivity index (χ1) is 14.1. The van der Waals surface area contributed by atoms with E-state index in [0.717, 1.165) is 6.42 Å². The number of hydrogen-bond acceptors (Lipinski definition) is 1. The van der Waals surface area contributed by atoms with Crippen molar-refractivity contribution in [3.8, 4) is 0 Å². The van der Waals surface area contributed by atoms with Crippen molar-refractivity contribution in [3.05, 3.63) is 93.8 Å². The summed E-state index contributed by atoms with van der Waals surface area (Å²) in [5.41, 5.74) is 10.8. The SMILES string of the molecule is C/C=C(\C=C/N(C)C)C1=C/C2=C(C)C(/C=C\c3cc(C(C)(C)C)cc\1c3C)CC=C2. The predicted molar refractivity (Wildman–Crippen MR) is 133 cm³/mol. The molecule has 0 aliphatic heterocycles. The zero-order valence-corrected chi connectivity index (χ0v) is 20.0. The number of benzene rings is 1. The summed E-state index contributed by atoms with van der Waals surface area (Å²) in [6.07, 6.45) is 19.5. The maximum absolute atomic E-state index is 2.41. The van der Waals surface area contributed by atoms with E-state index in [4.69, 9.17) is 0 Å². The number of allylic oxidation sites excluding steroid dienone is 10. The maximum atomic E-state index is 2.41. The van der Waals surface area contributed by atoms with Crippen molar-refractivity contribution in [1.82, 2.24) is 4.90 Å². The molecular formula is C29H37N. The zero-order valence-electron chi connectivity index (χ0n) is 20.0. The van der Waals surface area contributed by atoms with Gasteiger partial charge in [0.1, 0.15) is 0 Å². The van der Waals surface area contributed by atoms with Crippen molar-refractivity contribution in [3.63, 3.8) is 0 Å². The maximum Gasteiger partial charge on any atom is 0.00556 e. The van der Waals surface area contributed by atoms with E-state index < -0.39 is 0 Å². The lowest BCUT2D eigenvalue weighted by Crippen LogP contribution is -2.13. The first-order valence-electron chi connectivity index (χ1n) is 11.1. The molecule has 0 fully saturated rings. The fourth-order valence-electron chi connectivity index (χ4n) is 4.13. The van der Waals surface area contributed by atoms with Crippen LogP contribution in [0.4, 0.5) is 0 Å². The quantitative estimate of drug-likeness (QED) is 0.473. The third kappa shape index (κ3) is 4.61. The van der Waals surface area contributed by atoms with Gasteiger partial charge in [-0.25, -0.2) is 0 Å². The average molecular weight is 400 g/mol. The minimum atomic E-state index is 0.0980. The molecule has 2 aliphatic carbocycles. The molecule has 3 rings (SSSR count). The van der Waals surface area contributed by atoms with Gasteiger partial charge in [0.15, 0.2) is 0 Å². The summed E-state index contributed by atoms with van der Waals surface area (Å²) in [6.45, 7) is 13.6. The molecule has 0 radical (unpaired) electrons. The summed E-state index contributed by atoms with van der Waals surface area (Å²) in [4.78, 5) is 2.10. The molecule has 0 saturated carbocycles. The van der Waals surface area contributed by atoms with Gasteiger partial charge in [-0.05, 0) is 89.9 Å². The van der Waals surface area contributed by atoms with E-state index in [0.29, 0.717) is 5.92 Å². The van der Waals surface area contributed by atoms with Crippen molar-refractivity contribution in [1.29, 1.82) is 0 Å². The van der Waals surface area contributed by atoms with Crippen LogP contribution in [0, 0.1) is 12.8 Å². The molecule has 2 aliphatic rings. The number of rotatable bonds is 3. The highest BCUT2D eigenvalue weighted by atomic mass is 15.0. The van der Waals surface area contributed by atoms with E-state index in [9.17, 15) is 0 Å². The Morgan fingerprint density at radius 3 is 2.47 bits per heavy atom.